The van der Waals surface area contributed by atoms with Crippen LogP contribution >= 0.6 is 0 Å². The van der Waals surface area contributed by atoms with Crippen molar-refractivity contribution in [1.82, 2.24) is 8.61 Å². The third-order valence-electron chi connectivity index (χ3n) is 5.39. The van der Waals surface area contributed by atoms with Gasteiger partial charge in [0.25, 0.3) is 0 Å². The Morgan fingerprint density at radius 2 is 0.968 bits per heavy atom. The first-order valence-corrected chi connectivity index (χ1v) is 12.5. The third-order valence-corrected chi connectivity index (χ3v) is 9.00. The molecule has 2 aliphatic rings. The van der Waals surface area contributed by atoms with E-state index in [0.717, 1.165) is 19.7 Å². The van der Waals surface area contributed by atoms with E-state index in [2.05, 4.69) is 0 Å². The molecule has 9 nitrogen and oxygen atoms in total. The average molecular weight is 469 g/mol. The fourth-order valence-electron chi connectivity index (χ4n) is 3.86. The van der Waals surface area contributed by atoms with Crippen LogP contribution in [0.5, 0.6) is 0 Å². The molecule has 2 aromatic rings. The molecule has 2 saturated heterocycles. The number of sulfonamides is 2. The number of aliphatic hydroxyl groups is 2. The molecule has 11 heteroatoms. The zero-order chi connectivity index (χ0) is 22.7. The number of benzene rings is 2. The number of ether oxygens (including phenoxy) is 1. The molecule has 0 atom stereocenters. The van der Waals surface area contributed by atoms with E-state index in [-0.39, 0.29) is 9.79 Å². The molecule has 4 rings (SSSR count). The van der Waals surface area contributed by atoms with Gasteiger partial charge in [-0.05, 0) is 38.1 Å². The maximum absolute atomic E-state index is 13.1. The quantitative estimate of drug-likeness (QED) is 0.666. The van der Waals surface area contributed by atoms with Crippen molar-refractivity contribution in [1.29, 1.82) is 0 Å². The second-order valence-corrected chi connectivity index (χ2v) is 12.0. The number of rotatable bonds is 4. The number of aryl methyl sites for hydroxylation is 2. The minimum absolute atomic E-state index is 0.00871. The van der Waals surface area contributed by atoms with E-state index in [0.29, 0.717) is 0 Å². The zero-order valence-corrected chi connectivity index (χ0v) is 18.7. The van der Waals surface area contributed by atoms with Crippen LogP contribution in [0.25, 0.3) is 0 Å². The highest BCUT2D eigenvalue weighted by molar-refractivity contribution is 7.89. The highest BCUT2D eigenvalue weighted by Gasteiger charge is 2.57. The van der Waals surface area contributed by atoms with E-state index in [1.807, 2.05) is 13.8 Å². The summed E-state index contributed by atoms with van der Waals surface area (Å²) < 4.78 is 59.5. The van der Waals surface area contributed by atoms with Gasteiger partial charge in [-0.15, -0.1) is 0 Å². The molecule has 0 radical (unpaired) electrons. The lowest BCUT2D eigenvalue weighted by Crippen LogP contribution is -2.73. The summed E-state index contributed by atoms with van der Waals surface area (Å²) in [6.45, 7) is 1.56. The predicted octanol–water partition coefficient (Wildman–Crippen LogP) is 0.406. The van der Waals surface area contributed by atoms with Crippen LogP contribution in [-0.2, 0) is 24.8 Å². The number of fused-ring (bicyclic) bond motifs is 2. The predicted molar refractivity (Wildman–Crippen MR) is 111 cm³/mol. The third kappa shape index (κ3) is 4.14. The van der Waals surface area contributed by atoms with Gasteiger partial charge in [0, 0.05) is 0 Å². The summed E-state index contributed by atoms with van der Waals surface area (Å²) in [5.41, 5.74) is 1.76. The molecule has 2 aromatic carbocycles. The SMILES string of the molecule is Cc1ccc(S(=O)(=O)N2CC3(O)CN(S(=O)(=O)c4ccc(C)cc4)CC(O)(C2)O3)cc1. The summed E-state index contributed by atoms with van der Waals surface area (Å²) in [6, 6.07) is 12.4. The Morgan fingerprint density at radius 3 is 1.26 bits per heavy atom. The van der Waals surface area contributed by atoms with Crippen LogP contribution in [0, 0.1) is 13.8 Å². The summed E-state index contributed by atoms with van der Waals surface area (Å²) in [6.07, 6.45) is 0. The van der Waals surface area contributed by atoms with E-state index in [1.165, 1.54) is 24.3 Å². The monoisotopic (exact) mass is 468 g/mol. The van der Waals surface area contributed by atoms with Crippen molar-refractivity contribution in [3.63, 3.8) is 0 Å². The number of hydrogen-bond donors (Lipinski definition) is 2. The van der Waals surface area contributed by atoms with Crippen molar-refractivity contribution in [3.8, 4) is 0 Å². The topological polar surface area (TPSA) is 124 Å². The molecule has 0 amide bonds. The zero-order valence-electron chi connectivity index (χ0n) is 17.1. The Kier molecular flexibility index (Phi) is 5.29. The molecule has 0 unspecified atom stereocenters. The molecule has 31 heavy (non-hydrogen) atoms. The molecular weight excluding hydrogens is 444 g/mol. The van der Waals surface area contributed by atoms with Crippen LogP contribution in [0.1, 0.15) is 11.1 Å². The average Bonchev–Trinajstić information content (AvgIpc) is 2.66. The van der Waals surface area contributed by atoms with E-state index < -0.39 is 57.8 Å². The van der Waals surface area contributed by atoms with Gasteiger partial charge in [0.05, 0.1) is 36.0 Å². The standard InChI is InChI=1S/C20H24N2O7S2/c1-15-3-7-17(8-4-15)30(25,26)21-11-19(23)13-22(14-20(24,12-21)29-19)31(27,28)18-9-5-16(2)6-10-18/h3-10,23-24H,11-14H2,1-2H3. The van der Waals surface area contributed by atoms with Crippen LogP contribution in [0.4, 0.5) is 0 Å². The molecule has 0 spiro atoms. The van der Waals surface area contributed by atoms with Gasteiger partial charge >= 0.3 is 0 Å². The van der Waals surface area contributed by atoms with Gasteiger partial charge in [-0.1, -0.05) is 35.4 Å². The Balaban J connectivity index is 1.64. The van der Waals surface area contributed by atoms with Crippen molar-refractivity contribution < 1.29 is 31.8 Å². The molecule has 0 saturated carbocycles. The summed E-state index contributed by atoms with van der Waals surface area (Å²) in [4.78, 5) is 0.0174. The molecular formula is C20H24N2O7S2. The van der Waals surface area contributed by atoms with Gasteiger partial charge < -0.3 is 14.9 Å². The lowest BCUT2D eigenvalue weighted by atomic mass is 10.1. The van der Waals surface area contributed by atoms with Gasteiger partial charge in [-0.3, -0.25) is 0 Å². The molecule has 2 aliphatic heterocycles. The maximum Gasteiger partial charge on any atom is 0.243 e. The molecule has 168 valence electrons. The normalized spacial score (nSPS) is 27.9. The smallest absolute Gasteiger partial charge is 0.243 e. The Morgan fingerprint density at radius 1 is 0.677 bits per heavy atom. The molecule has 0 aliphatic carbocycles. The fourth-order valence-corrected chi connectivity index (χ4v) is 6.90. The highest BCUT2D eigenvalue weighted by Crippen LogP contribution is 2.37. The Hall–Kier alpha value is -1.86. The first-order chi connectivity index (χ1) is 14.3. The number of β-amino-alcohol motifs (C(OH)–C–C–N with tert-alkyl or cyclic N) is 2. The van der Waals surface area contributed by atoms with Crippen molar-refractivity contribution >= 4 is 20.0 Å². The Labute approximate surface area is 181 Å². The highest BCUT2D eigenvalue weighted by atomic mass is 32.2. The van der Waals surface area contributed by atoms with Gasteiger partial charge in [0.15, 0.2) is 11.6 Å². The van der Waals surface area contributed by atoms with Crippen LogP contribution in [0.3, 0.4) is 0 Å². The van der Waals surface area contributed by atoms with Gasteiger partial charge in [-0.25, -0.2) is 16.8 Å². The van der Waals surface area contributed by atoms with Gasteiger partial charge in [0.1, 0.15) is 0 Å². The molecule has 2 fully saturated rings. The first-order valence-electron chi connectivity index (χ1n) is 9.62. The summed E-state index contributed by atoms with van der Waals surface area (Å²) in [5.74, 6) is -4.42. The van der Waals surface area contributed by atoms with E-state index in [9.17, 15) is 27.0 Å². The van der Waals surface area contributed by atoms with E-state index in [4.69, 9.17) is 4.74 Å². The number of nitrogens with zero attached hydrogens (tertiary/aromatic N) is 2. The molecule has 2 heterocycles. The second kappa shape index (κ2) is 7.34. The van der Waals surface area contributed by atoms with Crippen molar-refractivity contribution in [2.45, 2.75) is 35.2 Å². The van der Waals surface area contributed by atoms with Crippen LogP contribution in [-0.4, -0.2) is 73.4 Å². The number of hydrogen-bond acceptors (Lipinski definition) is 7. The summed E-state index contributed by atoms with van der Waals surface area (Å²) in [7, 11) is -8.08. The number of morpholine rings is 2. The van der Waals surface area contributed by atoms with Gasteiger partial charge in [-0.2, -0.15) is 8.61 Å². The van der Waals surface area contributed by atoms with Crippen molar-refractivity contribution in [3.05, 3.63) is 59.7 Å². The summed E-state index contributed by atoms with van der Waals surface area (Å²) >= 11 is 0. The summed E-state index contributed by atoms with van der Waals surface area (Å²) in [5, 5.41) is 21.8. The Bertz CT molecular complexity index is 1090. The second-order valence-electron chi connectivity index (χ2n) is 8.17. The minimum atomic E-state index is -4.04. The van der Waals surface area contributed by atoms with Crippen LogP contribution < -0.4 is 0 Å². The van der Waals surface area contributed by atoms with Crippen molar-refractivity contribution in [2.75, 3.05) is 26.2 Å². The van der Waals surface area contributed by atoms with Crippen LogP contribution in [0.2, 0.25) is 0 Å². The first kappa shape index (κ1) is 22.3. The molecule has 2 bridgehead atoms. The fraction of sp³-hybridized carbons (Fsp3) is 0.400. The van der Waals surface area contributed by atoms with Crippen LogP contribution in [0.15, 0.2) is 58.3 Å². The molecule has 0 aromatic heterocycles. The van der Waals surface area contributed by atoms with E-state index in [1.54, 1.807) is 24.3 Å². The van der Waals surface area contributed by atoms with Crippen molar-refractivity contribution in [2.24, 2.45) is 0 Å². The lowest BCUT2D eigenvalue weighted by molar-refractivity contribution is -0.381. The lowest BCUT2D eigenvalue weighted by Gasteiger charge is -2.52. The van der Waals surface area contributed by atoms with Gasteiger partial charge in [0.2, 0.25) is 20.0 Å². The van der Waals surface area contributed by atoms with E-state index >= 15 is 0 Å². The maximum atomic E-state index is 13.1. The molecule has 2 N–H and O–H groups in total. The largest absolute Gasteiger partial charge is 0.363 e. The minimum Gasteiger partial charge on any atom is -0.363 e.